The Kier molecular flexibility index (Phi) is 3.32. The first-order valence-corrected chi connectivity index (χ1v) is 3.86. The minimum absolute atomic E-state index is 0.0440. The van der Waals surface area contributed by atoms with Gasteiger partial charge in [-0.1, -0.05) is 0 Å². The van der Waals surface area contributed by atoms with E-state index in [2.05, 4.69) is 10.6 Å². The van der Waals surface area contributed by atoms with Crippen LogP contribution in [0.2, 0.25) is 0 Å². The lowest BCUT2D eigenvalue weighted by molar-refractivity contribution is -0.121. The standard InChI is InChI=1S/C7H14N2O2/c1-8-5-6-4-7(10)9-2-3-11-6/h6,8H,2-5H2,1H3,(H,9,10). The second kappa shape index (κ2) is 4.31. The molecule has 1 rings (SSSR count). The van der Waals surface area contributed by atoms with Crippen molar-refractivity contribution in [1.29, 1.82) is 0 Å². The van der Waals surface area contributed by atoms with Gasteiger partial charge >= 0.3 is 0 Å². The molecular weight excluding hydrogens is 144 g/mol. The zero-order chi connectivity index (χ0) is 8.10. The Hall–Kier alpha value is -0.610. The minimum Gasteiger partial charge on any atom is -0.375 e. The van der Waals surface area contributed by atoms with Crippen molar-refractivity contribution in [3.05, 3.63) is 0 Å². The summed E-state index contributed by atoms with van der Waals surface area (Å²) in [4.78, 5) is 10.9. The molecule has 1 heterocycles. The highest BCUT2D eigenvalue weighted by Gasteiger charge is 2.16. The molecule has 0 radical (unpaired) electrons. The van der Waals surface area contributed by atoms with E-state index in [1.807, 2.05) is 7.05 Å². The fourth-order valence-corrected chi connectivity index (χ4v) is 1.11. The van der Waals surface area contributed by atoms with E-state index < -0.39 is 0 Å². The van der Waals surface area contributed by atoms with E-state index in [0.29, 0.717) is 19.6 Å². The molecular formula is C7H14N2O2. The molecule has 0 saturated carbocycles. The Morgan fingerprint density at radius 1 is 1.82 bits per heavy atom. The molecule has 0 aliphatic carbocycles. The summed E-state index contributed by atoms with van der Waals surface area (Å²) in [5.41, 5.74) is 0. The normalized spacial score (nSPS) is 25.9. The van der Waals surface area contributed by atoms with E-state index in [9.17, 15) is 4.79 Å². The van der Waals surface area contributed by atoms with Crippen LogP contribution in [-0.4, -0.2) is 38.8 Å². The topological polar surface area (TPSA) is 50.4 Å². The molecule has 0 aromatic heterocycles. The van der Waals surface area contributed by atoms with Crippen molar-refractivity contribution < 1.29 is 9.53 Å². The summed E-state index contributed by atoms with van der Waals surface area (Å²) in [6.45, 7) is 2.00. The summed E-state index contributed by atoms with van der Waals surface area (Å²) in [7, 11) is 1.85. The van der Waals surface area contributed by atoms with E-state index in [1.54, 1.807) is 0 Å². The van der Waals surface area contributed by atoms with E-state index in [-0.39, 0.29) is 12.0 Å². The van der Waals surface area contributed by atoms with Crippen LogP contribution in [0.15, 0.2) is 0 Å². The summed E-state index contributed by atoms with van der Waals surface area (Å²) < 4.78 is 5.37. The predicted molar refractivity (Wildman–Crippen MR) is 41.3 cm³/mol. The lowest BCUT2D eigenvalue weighted by atomic mass is 10.2. The average Bonchev–Trinajstić information content (AvgIpc) is 2.15. The summed E-state index contributed by atoms with van der Waals surface area (Å²) >= 11 is 0. The highest BCUT2D eigenvalue weighted by atomic mass is 16.5. The van der Waals surface area contributed by atoms with Crippen LogP contribution < -0.4 is 10.6 Å². The molecule has 2 N–H and O–H groups in total. The molecule has 1 fully saturated rings. The molecule has 64 valence electrons. The van der Waals surface area contributed by atoms with E-state index in [0.717, 1.165) is 6.54 Å². The summed E-state index contributed by atoms with van der Waals surface area (Å²) in [5.74, 6) is 0.0859. The molecule has 4 heteroatoms. The largest absolute Gasteiger partial charge is 0.375 e. The van der Waals surface area contributed by atoms with Crippen molar-refractivity contribution >= 4 is 5.91 Å². The van der Waals surface area contributed by atoms with Crippen LogP contribution in [0.25, 0.3) is 0 Å². The molecule has 1 amide bonds. The van der Waals surface area contributed by atoms with Gasteiger partial charge in [-0.2, -0.15) is 0 Å². The van der Waals surface area contributed by atoms with Gasteiger partial charge in [0.15, 0.2) is 0 Å². The Labute approximate surface area is 66.3 Å². The smallest absolute Gasteiger partial charge is 0.222 e. The van der Waals surface area contributed by atoms with Crippen LogP contribution in [0, 0.1) is 0 Å². The number of hydrogen-bond acceptors (Lipinski definition) is 3. The molecule has 4 nitrogen and oxygen atoms in total. The zero-order valence-corrected chi connectivity index (χ0v) is 6.72. The monoisotopic (exact) mass is 158 g/mol. The number of nitrogens with one attached hydrogen (secondary N) is 2. The molecule has 1 unspecified atom stereocenters. The molecule has 0 spiro atoms. The SMILES string of the molecule is CNCC1CC(=O)NCCO1. The second-order valence-electron chi connectivity index (χ2n) is 2.60. The van der Waals surface area contributed by atoms with Gasteiger partial charge in [-0.3, -0.25) is 4.79 Å². The maximum absolute atomic E-state index is 10.9. The van der Waals surface area contributed by atoms with Crippen molar-refractivity contribution in [3.63, 3.8) is 0 Å². The first kappa shape index (κ1) is 8.49. The highest BCUT2D eigenvalue weighted by molar-refractivity contribution is 5.76. The van der Waals surface area contributed by atoms with Gasteiger partial charge in [-0.15, -0.1) is 0 Å². The van der Waals surface area contributed by atoms with Crippen molar-refractivity contribution in [1.82, 2.24) is 10.6 Å². The van der Waals surface area contributed by atoms with E-state index in [4.69, 9.17) is 4.74 Å². The summed E-state index contributed by atoms with van der Waals surface area (Å²) in [6, 6.07) is 0. The fraction of sp³-hybridized carbons (Fsp3) is 0.857. The number of carbonyl (C=O) groups is 1. The van der Waals surface area contributed by atoms with Crippen LogP contribution >= 0.6 is 0 Å². The quantitative estimate of drug-likeness (QED) is 0.548. The first-order chi connectivity index (χ1) is 5.33. The number of hydrogen-bond donors (Lipinski definition) is 2. The Bertz CT molecular complexity index is 138. The van der Waals surface area contributed by atoms with Gasteiger partial charge in [0.1, 0.15) is 0 Å². The Balaban J connectivity index is 2.33. The molecule has 1 aliphatic heterocycles. The molecule has 0 bridgehead atoms. The molecule has 0 aromatic rings. The maximum atomic E-state index is 10.9. The van der Waals surface area contributed by atoms with Gasteiger partial charge in [-0.25, -0.2) is 0 Å². The third kappa shape index (κ3) is 2.86. The van der Waals surface area contributed by atoms with Gasteiger partial charge < -0.3 is 15.4 Å². The molecule has 1 saturated heterocycles. The van der Waals surface area contributed by atoms with Crippen molar-refractivity contribution in [2.75, 3.05) is 26.7 Å². The summed E-state index contributed by atoms with van der Waals surface area (Å²) in [6.07, 6.45) is 0.517. The fourth-order valence-electron chi connectivity index (χ4n) is 1.11. The van der Waals surface area contributed by atoms with Crippen LogP contribution in [0.5, 0.6) is 0 Å². The third-order valence-electron chi connectivity index (χ3n) is 1.62. The second-order valence-corrected chi connectivity index (χ2v) is 2.60. The highest BCUT2D eigenvalue weighted by Crippen LogP contribution is 1.99. The third-order valence-corrected chi connectivity index (χ3v) is 1.62. The van der Waals surface area contributed by atoms with Gasteiger partial charge in [-0.05, 0) is 7.05 Å². The number of amides is 1. The lowest BCUT2D eigenvalue weighted by Gasteiger charge is -2.11. The van der Waals surface area contributed by atoms with Crippen LogP contribution in [0.3, 0.4) is 0 Å². The average molecular weight is 158 g/mol. The number of carbonyl (C=O) groups excluding carboxylic acids is 1. The zero-order valence-electron chi connectivity index (χ0n) is 6.72. The van der Waals surface area contributed by atoms with Crippen LogP contribution in [-0.2, 0) is 9.53 Å². The van der Waals surface area contributed by atoms with Crippen molar-refractivity contribution in [3.8, 4) is 0 Å². The molecule has 0 aromatic carbocycles. The predicted octanol–water partition coefficient (Wildman–Crippen LogP) is -0.889. The van der Waals surface area contributed by atoms with Crippen LogP contribution in [0.4, 0.5) is 0 Å². The number of rotatable bonds is 2. The number of likely N-dealkylation sites (N-methyl/N-ethyl adjacent to an activating group) is 1. The Morgan fingerprint density at radius 2 is 2.64 bits per heavy atom. The van der Waals surface area contributed by atoms with E-state index in [1.165, 1.54) is 0 Å². The first-order valence-electron chi connectivity index (χ1n) is 3.86. The van der Waals surface area contributed by atoms with Gasteiger partial charge in [0.05, 0.1) is 19.1 Å². The van der Waals surface area contributed by atoms with Crippen molar-refractivity contribution in [2.24, 2.45) is 0 Å². The minimum atomic E-state index is 0.0440. The number of ether oxygens (including phenoxy) is 1. The van der Waals surface area contributed by atoms with Gasteiger partial charge in [0.2, 0.25) is 5.91 Å². The van der Waals surface area contributed by atoms with E-state index >= 15 is 0 Å². The summed E-state index contributed by atoms with van der Waals surface area (Å²) in [5, 5.41) is 5.72. The molecule has 1 aliphatic rings. The molecule has 1 atom stereocenters. The van der Waals surface area contributed by atoms with Crippen LogP contribution in [0.1, 0.15) is 6.42 Å². The lowest BCUT2D eigenvalue weighted by Crippen LogP contribution is -2.29. The molecule has 11 heavy (non-hydrogen) atoms. The Morgan fingerprint density at radius 3 is 3.36 bits per heavy atom. The van der Waals surface area contributed by atoms with Gasteiger partial charge in [0.25, 0.3) is 0 Å². The maximum Gasteiger partial charge on any atom is 0.222 e. The van der Waals surface area contributed by atoms with Gasteiger partial charge in [0, 0.05) is 13.1 Å². The van der Waals surface area contributed by atoms with Crippen molar-refractivity contribution in [2.45, 2.75) is 12.5 Å².